The molecule has 3 aliphatic rings. The quantitative estimate of drug-likeness (QED) is 0.392. The molecule has 0 aromatic heterocycles. The van der Waals surface area contributed by atoms with Crippen LogP contribution in [0.1, 0.15) is 49.0 Å². The zero-order valence-electron chi connectivity index (χ0n) is 22.3. The van der Waals surface area contributed by atoms with Crippen molar-refractivity contribution in [3.8, 4) is 0 Å². The highest BCUT2D eigenvalue weighted by molar-refractivity contribution is 6.31. The third-order valence-electron chi connectivity index (χ3n) is 7.87. The van der Waals surface area contributed by atoms with Gasteiger partial charge in [0.1, 0.15) is 5.82 Å². The number of piperidine rings is 1. The molecule has 0 radical (unpaired) electrons. The van der Waals surface area contributed by atoms with Gasteiger partial charge in [0.25, 0.3) is 0 Å². The van der Waals surface area contributed by atoms with Crippen LogP contribution in [0.5, 0.6) is 0 Å². The SMILES string of the molecule is CC(C)(C)C[C@H]1N[C@@H](C(=O)Nc2ccc(C(N)=O)cc2)[C@H](c2cccc(Cl)c2F)[C@@H]2C(=O)NC3=CC(Cl)=CC2C31. The molecule has 210 valence electrons. The molecule has 2 fully saturated rings. The van der Waals surface area contributed by atoms with Gasteiger partial charge in [-0.05, 0) is 53.8 Å². The molecule has 2 aromatic rings. The summed E-state index contributed by atoms with van der Waals surface area (Å²) < 4.78 is 15.7. The molecule has 0 saturated carbocycles. The van der Waals surface area contributed by atoms with E-state index in [9.17, 15) is 14.4 Å². The van der Waals surface area contributed by atoms with Gasteiger partial charge in [-0.2, -0.15) is 0 Å². The van der Waals surface area contributed by atoms with Gasteiger partial charge in [-0.1, -0.05) is 62.2 Å². The lowest BCUT2D eigenvalue weighted by atomic mass is 9.64. The molecule has 3 amide bonds. The summed E-state index contributed by atoms with van der Waals surface area (Å²) >= 11 is 12.7. The summed E-state index contributed by atoms with van der Waals surface area (Å²) in [6, 6.07) is 9.53. The number of hydrogen-bond donors (Lipinski definition) is 4. The summed E-state index contributed by atoms with van der Waals surface area (Å²) in [6.45, 7) is 6.32. The number of nitrogens with one attached hydrogen (secondary N) is 3. The van der Waals surface area contributed by atoms with E-state index in [0.29, 0.717) is 28.4 Å². The standard InChI is InChI=1S/C30H31Cl2FN4O3/c1-30(2,3)13-21-22-18-11-15(31)12-20(22)37-28(39)24(18)23(17-5-4-6-19(32)25(17)33)26(36-21)29(40)35-16-9-7-14(8-10-16)27(34)38/h4-12,18,21-24,26,36H,13H2,1-3H3,(H2,34,38)(H,35,40)(H,37,39)/t18?,21-,22?,23-,24-,26-/m1/s1. The second-order valence-electron chi connectivity index (χ2n) is 11.9. The van der Waals surface area contributed by atoms with Gasteiger partial charge in [-0.3, -0.25) is 14.4 Å². The fourth-order valence-corrected chi connectivity index (χ4v) is 6.79. The molecular weight excluding hydrogens is 554 g/mol. The highest BCUT2D eigenvalue weighted by Crippen LogP contribution is 2.51. The van der Waals surface area contributed by atoms with Gasteiger partial charge < -0.3 is 21.7 Å². The Hall–Kier alpha value is -3.20. The lowest BCUT2D eigenvalue weighted by molar-refractivity contribution is -0.129. The van der Waals surface area contributed by atoms with Crippen molar-refractivity contribution in [1.82, 2.24) is 10.6 Å². The summed E-state index contributed by atoms with van der Waals surface area (Å²) in [5.41, 5.74) is 6.79. The summed E-state index contributed by atoms with van der Waals surface area (Å²) in [5.74, 6) is -4.32. The van der Waals surface area contributed by atoms with Crippen molar-refractivity contribution < 1.29 is 18.8 Å². The van der Waals surface area contributed by atoms with Gasteiger partial charge in [-0.15, -0.1) is 0 Å². The smallest absolute Gasteiger partial charge is 0.248 e. The summed E-state index contributed by atoms with van der Waals surface area (Å²) in [4.78, 5) is 39.3. The average Bonchev–Trinajstić information content (AvgIpc) is 2.96. The number of halogens is 3. The second kappa shape index (κ2) is 10.7. The molecule has 1 aliphatic carbocycles. The van der Waals surface area contributed by atoms with Crippen LogP contribution in [-0.4, -0.2) is 29.8 Å². The Balaban J connectivity index is 1.65. The maximum Gasteiger partial charge on any atom is 0.248 e. The number of rotatable bonds is 5. The van der Waals surface area contributed by atoms with Crippen LogP contribution in [0, 0.1) is 29.0 Å². The van der Waals surface area contributed by atoms with Crippen molar-refractivity contribution in [2.45, 2.75) is 45.2 Å². The van der Waals surface area contributed by atoms with Crippen LogP contribution in [0.15, 0.2) is 65.3 Å². The van der Waals surface area contributed by atoms with Crippen molar-refractivity contribution in [2.24, 2.45) is 28.9 Å². The minimum absolute atomic E-state index is 0.0974. The first-order valence-electron chi connectivity index (χ1n) is 13.1. The van der Waals surface area contributed by atoms with Gasteiger partial charge >= 0.3 is 0 Å². The van der Waals surface area contributed by atoms with Crippen molar-refractivity contribution in [3.05, 3.63) is 87.3 Å². The minimum Gasteiger partial charge on any atom is -0.366 e. The number of allylic oxidation sites excluding steroid dienone is 3. The van der Waals surface area contributed by atoms with Crippen LogP contribution >= 0.6 is 23.2 Å². The van der Waals surface area contributed by atoms with E-state index in [1.54, 1.807) is 30.3 Å². The Morgan fingerprint density at radius 3 is 2.40 bits per heavy atom. The number of nitrogens with two attached hydrogens (primary N) is 1. The van der Waals surface area contributed by atoms with Crippen molar-refractivity contribution >= 4 is 46.6 Å². The molecule has 2 aliphatic heterocycles. The van der Waals surface area contributed by atoms with E-state index in [2.05, 4.69) is 36.7 Å². The molecule has 2 heterocycles. The minimum atomic E-state index is -1.01. The fraction of sp³-hybridized carbons (Fsp3) is 0.367. The number of amides is 3. The molecule has 2 unspecified atom stereocenters. The molecule has 2 saturated heterocycles. The maximum atomic E-state index is 15.7. The van der Waals surface area contributed by atoms with E-state index >= 15 is 4.39 Å². The summed E-state index contributed by atoms with van der Waals surface area (Å²) in [5, 5.41) is 9.85. The third kappa shape index (κ3) is 5.40. The molecule has 6 atom stereocenters. The second-order valence-corrected chi connectivity index (χ2v) is 12.7. The van der Waals surface area contributed by atoms with E-state index in [-0.39, 0.29) is 39.8 Å². The monoisotopic (exact) mass is 584 g/mol. The van der Waals surface area contributed by atoms with Crippen LogP contribution in [0.3, 0.4) is 0 Å². The predicted molar refractivity (Wildman–Crippen MR) is 153 cm³/mol. The van der Waals surface area contributed by atoms with Crippen LogP contribution in [0.4, 0.5) is 10.1 Å². The zero-order valence-corrected chi connectivity index (χ0v) is 23.8. The first kappa shape index (κ1) is 28.3. The summed E-state index contributed by atoms with van der Waals surface area (Å²) in [7, 11) is 0. The summed E-state index contributed by atoms with van der Waals surface area (Å²) in [6.07, 6.45) is 4.28. The Morgan fingerprint density at radius 1 is 1.05 bits per heavy atom. The molecule has 5 rings (SSSR count). The van der Waals surface area contributed by atoms with Crippen LogP contribution in [-0.2, 0) is 9.59 Å². The molecule has 4 bridgehead atoms. The lowest BCUT2D eigenvalue weighted by Gasteiger charge is -2.44. The van der Waals surface area contributed by atoms with E-state index in [1.807, 2.05) is 6.08 Å². The number of hydrogen-bond acceptors (Lipinski definition) is 4. The number of primary amides is 1. The number of carbonyl (C=O) groups is 3. The van der Waals surface area contributed by atoms with Crippen molar-refractivity contribution in [1.29, 1.82) is 0 Å². The molecular formula is C30H31Cl2FN4O3. The normalized spacial score (nSPS) is 27.6. The number of benzene rings is 2. The van der Waals surface area contributed by atoms with Gasteiger partial charge in [0.2, 0.25) is 17.7 Å². The predicted octanol–water partition coefficient (Wildman–Crippen LogP) is 5.08. The topological polar surface area (TPSA) is 113 Å². The van der Waals surface area contributed by atoms with Gasteiger partial charge in [0.15, 0.2) is 0 Å². The first-order valence-corrected chi connectivity index (χ1v) is 13.9. The highest BCUT2D eigenvalue weighted by Gasteiger charge is 2.55. The van der Waals surface area contributed by atoms with Crippen LogP contribution < -0.4 is 21.7 Å². The van der Waals surface area contributed by atoms with Gasteiger partial charge in [0.05, 0.1) is 17.0 Å². The largest absolute Gasteiger partial charge is 0.366 e. The molecule has 10 heteroatoms. The Morgan fingerprint density at radius 2 is 1.75 bits per heavy atom. The Labute approximate surface area is 242 Å². The van der Waals surface area contributed by atoms with E-state index in [4.69, 9.17) is 28.9 Å². The van der Waals surface area contributed by atoms with Crippen molar-refractivity contribution in [3.63, 3.8) is 0 Å². The lowest BCUT2D eigenvalue weighted by Crippen LogP contribution is -2.52. The van der Waals surface area contributed by atoms with Crippen LogP contribution in [0.2, 0.25) is 5.02 Å². The maximum absolute atomic E-state index is 15.7. The Bertz CT molecular complexity index is 1430. The zero-order chi connectivity index (χ0) is 28.9. The molecule has 0 spiro atoms. The first-order chi connectivity index (χ1) is 18.8. The van der Waals surface area contributed by atoms with Gasteiger partial charge in [0, 0.05) is 45.8 Å². The Kier molecular flexibility index (Phi) is 7.54. The fourth-order valence-electron chi connectivity index (χ4n) is 6.34. The molecule has 40 heavy (non-hydrogen) atoms. The average molecular weight is 586 g/mol. The van der Waals surface area contributed by atoms with E-state index < -0.39 is 35.5 Å². The molecule has 5 N–H and O–H groups in total. The highest BCUT2D eigenvalue weighted by atomic mass is 35.5. The third-order valence-corrected chi connectivity index (χ3v) is 8.40. The van der Waals surface area contributed by atoms with Crippen LogP contribution in [0.25, 0.3) is 0 Å². The van der Waals surface area contributed by atoms with Gasteiger partial charge in [-0.25, -0.2) is 4.39 Å². The molecule has 7 nitrogen and oxygen atoms in total. The van der Waals surface area contributed by atoms with E-state index in [0.717, 1.165) is 0 Å². The van der Waals surface area contributed by atoms with E-state index in [1.165, 1.54) is 18.2 Å². The number of anilines is 1. The molecule has 2 aromatic carbocycles. The van der Waals surface area contributed by atoms with Crippen molar-refractivity contribution in [2.75, 3.05) is 5.32 Å². The number of carbonyl (C=O) groups excluding carboxylic acids is 3.